The Morgan fingerprint density at radius 2 is 1.85 bits per heavy atom. The van der Waals surface area contributed by atoms with E-state index in [1.807, 2.05) is 48.5 Å². The number of hydrogen-bond donors (Lipinski definition) is 2. The Labute approximate surface area is 153 Å². The maximum absolute atomic E-state index is 10.7. The van der Waals surface area contributed by atoms with Gasteiger partial charge in [-0.25, -0.2) is 4.79 Å². The molecule has 6 heteroatoms. The van der Waals surface area contributed by atoms with E-state index in [2.05, 4.69) is 5.32 Å². The van der Waals surface area contributed by atoms with Crippen LogP contribution >= 0.6 is 11.6 Å². The van der Waals surface area contributed by atoms with E-state index >= 15 is 0 Å². The summed E-state index contributed by atoms with van der Waals surface area (Å²) in [5.74, 6) is 1.54. The quantitative estimate of drug-likeness (QED) is 0.462. The predicted octanol–water partition coefficient (Wildman–Crippen LogP) is 6.03. The van der Waals surface area contributed by atoms with E-state index in [4.69, 9.17) is 25.5 Å². The third-order valence-corrected chi connectivity index (χ3v) is 4.19. The molecule has 0 saturated heterocycles. The van der Waals surface area contributed by atoms with E-state index in [0.717, 1.165) is 27.9 Å². The van der Waals surface area contributed by atoms with Crippen LogP contribution in [0.25, 0.3) is 22.3 Å². The van der Waals surface area contributed by atoms with Gasteiger partial charge in [-0.3, -0.25) is 5.32 Å². The van der Waals surface area contributed by atoms with Crippen LogP contribution in [0.1, 0.15) is 11.3 Å². The van der Waals surface area contributed by atoms with Crippen LogP contribution in [-0.4, -0.2) is 11.2 Å². The highest BCUT2D eigenvalue weighted by Crippen LogP contribution is 2.33. The Morgan fingerprint density at radius 3 is 2.62 bits per heavy atom. The van der Waals surface area contributed by atoms with Gasteiger partial charge in [-0.1, -0.05) is 41.9 Å². The van der Waals surface area contributed by atoms with Crippen LogP contribution in [0.3, 0.4) is 0 Å². The standard InChI is InChI=1S/C20H14ClNO4/c21-15-8-13(10-16-6-7-18(25-16)22-20(23)24)19-14(9-15)11-17(26-19)12-4-2-1-3-5-12/h1-9,11,22H,10H2,(H,23,24). The van der Waals surface area contributed by atoms with Gasteiger partial charge >= 0.3 is 6.09 Å². The van der Waals surface area contributed by atoms with Crippen LogP contribution in [0.4, 0.5) is 10.7 Å². The van der Waals surface area contributed by atoms with E-state index < -0.39 is 6.09 Å². The van der Waals surface area contributed by atoms with Crippen molar-refractivity contribution in [3.8, 4) is 11.3 Å². The van der Waals surface area contributed by atoms with Crippen LogP contribution in [0.2, 0.25) is 5.02 Å². The summed E-state index contributed by atoms with van der Waals surface area (Å²) in [6, 6.07) is 18.8. The summed E-state index contributed by atoms with van der Waals surface area (Å²) in [4.78, 5) is 10.7. The van der Waals surface area contributed by atoms with Gasteiger partial charge in [0.2, 0.25) is 5.88 Å². The number of rotatable bonds is 4. The summed E-state index contributed by atoms with van der Waals surface area (Å²) in [5, 5.41) is 12.4. The summed E-state index contributed by atoms with van der Waals surface area (Å²) in [7, 11) is 0. The van der Waals surface area contributed by atoms with Gasteiger partial charge in [0.25, 0.3) is 0 Å². The lowest BCUT2D eigenvalue weighted by Crippen LogP contribution is -2.05. The number of hydrogen-bond acceptors (Lipinski definition) is 3. The molecule has 0 aliphatic carbocycles. The number of carboxylic acid groups (broad SMARTS) is 1. The minimum Gasteiger partial charge on any atom is -0.465 e. The molecule has 0 saturated carbocycles. The summed E-state index contributed by atoms with van der Waals surface area (Å²) in [5.41, 5.74) is 2.58. The Morgan fingerprint density at radius 1 is 1.04 bits per heavy atom. The Kier molecular flexibility index (Phi) is 4.14. The summed E-state index contributed by atoms with van der Waals surface area (Å²) in [6.07, 6.45) is -0.741. The van der Waals surface area contributed by atoms with E-state index in [1.54, 1.807) is 12.1 Å². The first-order valence-corrected chi connectivity index (χ1v) is 8.32. The molecule has 0 atom stereocenters. The first kappa shape index (κ1) is 16.3. The van der Waals surface area contributed by atoms with E-state index in [1.165, 1.54) is 0 Å². The fraction of sp³-hybridized carbons (Fsp3) is 0.0500. The molecule has 2 heterocycles. The molecule has 0 aliphatic rings. The lowest BCUT2D eigenvalue weighted by Gasteiger charge is -2.02. The van der Waals surface area contributed by atoms with E-state index in [9.17, 15) is 4.79 Å². The first-order valence-electron chi connectivity index (χ1n) is 7.94. The van der Waals surface area contributed by atoms with Gasteiger partial charge in [-0.2, -0.15) is 0 Å². The fourth-order valence-corrected chi connectivity index (χ4v) is 3.14. The van der Waals surface area contributed by atoms with Crippen LogP contribution in [0.5, 0.6) is 0 Å². The summed E-state index contributed by atoms with van der Waals surface area (Å²) < 4.78 is 11.6. The first-order chi connectivity index (χ1) is 12.6. The van der Waals surface area contributed by atoms with Crippen molar-refractivity contribution in [1.82, 2.24) is 0 Å². The van der Waals surface area contributed by atoms with Gasteiger partial charge in [0.1, 0.15) is 17.1 Å². The molecule has 0 unspecified atom stereocenters. The topological polar surface area (TPSA) is 75.6 Å². The zero-order valence-corrected chi connectivity index (χ0v) is 14.3. The SMILES string of the molecule is O=C(O)Nc1ccc(Cc2cc(Cl)cc3cc(-c4ccccc4)oc23)o1. The molecule has 0 fully saturated rings. The number of halogens is 1. The van der Waals surface area contributed by atoms with Gasteiger partial charge in [0.15, 0.2) is 0 Å². The van der Waals surface area contributed by atoms with Gasteiger partial charge < -0.3 is 13.9 Å². The van der Waals surface area contributed by atoms with Crippen molar-refractivity contribution >= 4 is 34.5 Å². The predicted molar refractivity (Wildman–Crippen MR) is 99.8 cm³/mol. The molecule has 0 aliphatic heterocycles. The smallest absolute Gasteiger partial charge is 0.411 e. The second kappa shape index (κ2) is 6.61. The molecule has 5 nitrogen and oxygen atoms in total. The van der Waals surface area contributed by atoms with Crippen molar-refractivity contribution in [2.75, 3.05) is 5.32 Å². The van der Waals surface area contributed by atoms with Crippen molar-refractivity contribution in [2.45, 2.75) is 6.42 Å². The second-order valence-electron chi connectivity index (χ2n) is 5.83. The molecule has 2 N–H and O–H groups in total. The van der Waals surface area contributed by atoms with Gasteiger partial charge in [0, 0.05) is 34.0 Å². The normalized spacial score (nSPS) is 11.0. The third kappa shape index (κ3) is 3.30. The maximum atomic E-state index is 10.7. The van der Waals surface area contributed by atoms with Gasteiger partial charge in [0.05, 0.1) is 0 Å². The summed E-state index contributed by atoms with van der Waals surface area (Å²) >= 11 is 6.26. The number of nitrogens with one attached hydrogen (secondary N) is 1. The van der Waals surface area contributed by atoms with Crippen LogP contribution in [-0.2, 0) is 6.42 Å². The molecule has 2 aromatic carbocycles. The number of benzene rings is 2. The Bertz CT molecular complexity index is 1080. The number of furan rings is 2. The average Bonchev–Trinajstić information content (AvgIpc) is 3.22. The lowest BCUT2D eigenvalue weighted by atomic mass is 10.1. The Hall–Kier alpha value is -3.18. The highest BCUT2D eigenvalue weighted by atomic mass is 35.5. The van der Waals surface area contributed by atoms with Crippen molar-refractivity contribution in [3.05, 3.63) is 77.0 Å². The van der Waals surface area contributed by atoms with Gasteiger partial charge in [-0.05, 0) is 24.3 Å². The molecule has 4 rings (SSSR count). The van der Waals surface area contributed by atoms with Crippen molar-refractivity contribution < 1.29 is 18.7 Å². The molecule has 2 aromatic heterocycles. The minimum atomic E-state index is -1.17. The maximum Gasteiger partial charge on any atom is 0.411 e. The Balaban J connectivity index is 1.71. The summed E-state index contributed by atoms with van der Waals surface area (Å²) in [6.45, 7) is 0. The van der Waals surface area contributed by atoms with Crippen LogP contribution in [0, 0.1) is 0 Å². The molecular weight excluding hydrogens is 354 g/mol. The molecule has 130 valence electrons. The molecule has 1 amide bonds. The van der Waals surface area contributed by atoms with Crippen LogP contribution < -0.4 is 5.32 Å². The number of fused-ring (bicyclic) bond motifs is 1. The van der Waals surface area contributed by atoms with Crippen molar-refractivity contribution in [2.24, 2.45) is 0 Å². The monoisotopic (exact) mass is 367 g/mol. The average molecular weight is 368 g/mol. The minimum absolute atomic E-state index is 0.176. The zero-order chi connectivity index (χ0) is 18.1. The molecule has 0 spiro atoms. The molecular formula is C20H14ClNO4. The van der Waals surface area contributed by atoms with E-state index in [0.29, 0.717) is 17.2 Å². The van der Waals surface area contributed by atoms with E-state index in [-0.39, 0.29) is 5.88 Å². The molecule has 0 bridgehead atoms. The highest BCUT2D eigenvalue weighted by molar-refractivity contribution is 6.31. The largest absolute Gasteiger partial charge is 0.465 e. The fourth-order valence-electron chi connectivity index (χ4n) is 2.89. The molecule has 26 heavy (non-hydrogen) atoms. The molecule has 0 radical (unpaired) electrons. The third-order valence-electron chi connectivity index (χ3n) is 3.97. The highest BCUT2D eigenvalue weighted by Gasteiger charge is 2.14. The van der Waals surface area contributed by atoms with Crippen LogP contribution in [0.15, 0.2) is 69.5 Å². The van der Waals surface area contributed by atoms with Crippen molar-refractivity contribution in [1.29, 1.82) is 0 Å². The molecule has 4 aromatic rings. The zero-order valence-electron chi connectivity index (χ0n) is 13.5. The number of amides is 1. The number of anilines is 1. The number of carbonyl (C=O) groups is 1. The van der Waals surface area contributed by atoms with Gasteiger partial charge in [-0.15, -0.1) is 0 Å². The van der Waals surface area contributed by atoms with Crippen molar-refractivity contribution in [3.63, 3.8) is 0 Å². The second-order valence-corrected chi connectivity index (χ2v) is 6.27. The lowest BCUT2D eigenvalue weighted by molar-refractivity contribution is 0.209.